The highest BCUT2D eigenvalue weighted by atomic mass is 32.2. The van der Waals surface area contributed by atoms with E-state index in [0.717, 1.165) is 33.9 Å². The van der Waals surface area contributed by atoms with Gasteiger partial charge in [-0.25, -0.2) is 9.78 Å². The van der Waals surface area contributed by atoms with Crippen molar-refractivity contribution < 1.29 is 9.90 Å². The Balaban J connectivity index is 1.93. The SMILES string of the molecule is Cc1nc(SCc2ccc(C=CC(=O)O)cc2)n[nH]1. The molecule has 6 heteroatoms. The van der Waals surface area contributed by atoms with Crippen molar-refractivity contribution in [3.8, 4) is 0 Å². The van der Waals surface area contributed by atoms with E-state index in [2.05, 4.69) is 15.2 Å². The van der Waals surface area contributed by atoms with Crippen LogP contribution in [0.15, 0.2) is 35.5 Å². The molecule has 0 radical (unpaired) electrons. The predicted molar refractivity (Wildman–Crippen MR) is 73.8 cm³/mol. The molecule has 19 heavy (non-hydrogen) atoms. The molecule has 0 unspecified atom stereocenters. The van der Waals surface area contributed by atoms with Crippen molar-refractivity contribution >= 4 is 23.8 Å². The van der Waals surface area contributed by atoms with Gasteiger partial charge in [-0.3, -0.25) is 5.10 Å². The van der Waals surface area contributed by atoms with Gasteiger partial charge in [-0.1, -0.05) is 36.0 Å². The van der Waals surface area contributed by atoms with Crippen LogP contribution in [0.2, 0.25) is 0 Å². The number of carboxylic acid groups (broad SMARTS) is 1. The topological polar surface area (TPSA) is 78.9 Å². The number of carboxylic acids is 1. The summed E-state index contributed by atoms with van der Waals surface area (Å²) in [7, 11) is 0. The number of aliphatic carboxylic acids is 1. The molecule has 98 valence electrons. The Morgan fingerprint density at radius 2 is 2.16 bits per heavy atom. The molecular weight excluding hydrogens is 262 g/mol. The van der Waals surface area contributed by atoms with Crippen LogP contribution in [0.4, 0.5) is 0 Å². The summed E-state index contributed by atoms with van der Waals surface area (Å²) in [6.45, 7) is 1.86. The fourth-order valence-electron chi connectivity index (χ4n) is 1.43. The van der Waals surface area contributed by atoms with Crippen molar-refractivity contribution in [3.63, 3.8) is 0 Å². The van der Waals surface area contributed by atoms with Crippen LogP contribution in [0.1, 0.15) is 17.0 Å². The van der Waals surface area contributed by atoms with Gasteiger partial charge in [0, 0.05) is 11.8 Å². The van der Waals surface area contributed by atoms with E-state index in [1.165, 1.54) is 0 Å². The molecule has 2 rings (SSSR count). The molecule has 0 aliphatic heterocycles. The Morgan fingerprint density at radius 1 is 1.42 bits per heavy atom. The highest BCUT2D eigenvalue weighted by molar-refractivity contribution is 7.98. The van der Waals surface area contributed by atoms with Crippen LogP contribution in [0, 0.1) is 6.92 Å². The summed E-state index contributed by atoms with van der Waals surface area (Å²) in [6.07, 6.45) is 2.69. The van der Waals surface area contributed by atoms with Gasteiger partial charge >= 0.3 is 5.97 Å². The molecule has 0 saturated heterocycles. The van der Waals surface area contributed by atoms with Gasteiger partial charge in [0.15, 0.2) is 0 Å². The Labute approximate surface area is 114 Å². The number of benzene rings is 1. The lowest BCUT2D eigenvalue weighted by Gasteiger charge is -1.99. The van der Waals surface area contributed by atoms with Gasteiger partial charge in [0.1, 0.15) is 5.82 Å². The zero-order valence-electron chi connectivity index (χ0n) is 10.3. The summed E-state index contributed by atoms with van der Waals surface area (Å²) in [5.41, 5.74) is 2.00. The first kappa shape index (κ1) is 13.4. The number of hydrogen-bond donors (Lipinski definition) is 2. The summed E-state index contributed by atoms with van der Waals surface area (Å²) in [6, 6.07) is 7.71. The highest BCUT2D eigenvalue weighted by Gasteiger charge is 2.01. The number of rotatable bonds is 5. The largest absolute Gasteiger partial charge is 0.478 e. The molecule has 2 N–H and O–H groups in total. The normalized spacial score (nSPS) is 11.0. The van der Waals surface area contributed by atoms with Crippen LogP contribution in [-0.4, -0.2) is 26.3 Å². The third-order valence-electron chi connectivity index (χ3n) is 2.34. The van der Waals surface area contributed by atoms with Crippen LogP contribution < -0.4 is 0 Å². The molecule has 2 aromatic rings. The highest BCUT2D eigenvalue weighted by Crippen LogP contribution is 2.19. The third kappa shape index (κ3) is 4.26. The van der Waals surface area contributed by atoms with Gasteiger partial charge in [-0.15, -0.1) is 5.10 Å². The Kier molecular flexibility index (Phi) is 4.35. The first-order chi connectivity index (χ1) is 9.13. The van der Waals surface area contributed by atoms with E-state index in [4.69, 9.17) is 5.11 Å². The van der Waals surface area contributed by atoms with Crippen LogP contribution in [0.5, 0.6) is 0 Å². The monoisotopic (exact) mass is 275 g/mol. The van der Waals surface area contributed by atoms with Crippen molar-refractivity contribution in [2.24, 2.45) is 0 Å². The number of nitrogens with zero attached hydrogens (tertiary/aromatic N) is 2. The zero-order chi connectivity index (χ0) is 13.7. The number of thioether (sulfide) groups is 1. The number of aryl methyl sites for hydroxylation is 1. The van der Waals surface area contributed by atoms with Gasteiger partial charge < -0.3 is 5.11 Å². The van der Waals surface area contributed by atoms with Gasteiger partial charge in [-0.2, -0.15) is 0 Å². The van der Waals surface area contributed by atoms with Gasteiger partial charge in [0.05, 0.1) is 0 Å². The van der Waals surface area contributed by atoms with Crippen molar-refractivity contribution in [1.29, 1.82) is 0 Å². The molecule has 1 aromatic heterocycles. The number of carbonyl (C=O) groups is 1. The Hall–Kier alpha value is -2.08. The first-order valence-corrected chi connectivity index (χ1v) is 6.64. The smallest absolute Gasteiger partial charge is 0.328 e. The minimum absolute atomic E-state index is 0.729. The summed E-state index contributed by atoms with van der Waals surface area (Å²) >= 11 is 1.55. The van der Waals surface area contributed by atoms with E-state index in [0.29, 0.717) is 0 Å². The molecule has 0 bridgehead atoms. The van der Waals surface area contributed by atoms with E-state index < -0.39 is 5.97 Å². The van der Waals surface area contributed by atoms with Gasteiger partial charge in [-0.05, 0) is 24.1 Å². The minimum atomic E-state index is -0.945. The van der Waals surface area contributed by atoms with Crippen LogP contribution in [0.3, 0.4) is 0 Å². The summed E-state index contributed by atoms with van der Waals surface area (Å²) < 4.78 is 0. The lowest BCUT2D eigenvalue weighted by Crippen LogP contribution is -1.86. The zero-order valence-corrected chi connectivity index (χ0v) is 11.1. The standard InChI is InChI=1S/C13H13N3O2S/c1-9-14-13(16-15-9)19-8-11-4-2-10(3-5-11)6-7-12(17)18/h2-7H,8H2,1H3,(H,17,18)(H,14,15,16). The third-order valence-corrected chi connectivity index (χ3v) is 3.26. The maximum absolute atomic E-state index is 10.4. The number of aromatic amines is 1. The fourth-order valence-corrected chi connectivity index (χ4v) is 2.23. The van der Waals surface area contributed by atoms with Gasteiger partial charge in [0.25, 0.3) is 0 Å². The lowest BCUT2D eigenvalue weighted by molar-refractivity contribution is -0.131. The first-order valence-electron chi connectivity index (χ1n) is 5.65. The molecule has 5 nitrogen and oxygen atoms in total. The number of nitrogens with one attached hydrogen (secondary N) is 1. The maximum Gasteiger partial charge on any atom is 0.328 e. The molecule has 1 heterocycles. The minimum Gasteiger partial charge on any atom is -0.478 e. The molecule has 1 aromatic carbocycles. The molecule has 0 spiro atoms. The van der Waals surface area contributed by atoms with Gasteiger partial charge in [0.2, 0.25) is 5.16 Å². The second kappa shape index (κ2) is 6.19. The fraction of sp³-hybridized carbons (Fsp3) is 0.154. The maximum atomic E-state index is 10.4. The van der Waals surface area contributed by atoms with E-state index in [1.54, 1.807) is 17.8 Å². The molecule has 0 saturated carbocycles. The number of H-pyrrole nitrogens is 1. The van der Waals surface area contributed by atoms with E-state index in [1.807, 2.05) is 31.2 Å². The van der Waals surface area contributed by atoms with Crippen LogP contribution in [0.25, 0.3) is 6.08 Å². The second-order valence-corrected chi connectivity index (χ2v) is 4.85. The summed E-state index contributed by atoms with van der Waals surface area (Å²) in [4.78, 5) is 14.6. The Bertz CT molecular complexity index is 590. The van der Waals surface area contributed by atoms with E-state index >= 15 is 0 Å². The van der Waals surface area contributed by atoms with Crippen LogP contribution in [-0.2, 0) is 10.5 Å². The van der Waals surface area contributed by atoms with Crippen LogP contribution >= 0.6 is 11.8 Å². The lowest BCUT2D eigenvalue weighted by atomic mass is 10.1. The Morgan fingerprint density at radius 3 is 2.74 bits per heavy atom. The molecular formula is C13H13N3O2S. The average Bonchev–Trinajstić information content (AvgIpc) is 2.81. The second-order valence-electron chi connectivity index (χ2n) is 3.91. The molecule has 0 aliphatic rings. The number of hydrogen-bond acceptors (Lipinski definition) is 4. The molecule has 0 amide bonds. The number of aromatic nitrogens is 3. The van der Waals surface area contributed by atoms with Crippen molar-refractivity contribution in [2.75, 3.05) is 0 Å². The summed E-state index contributed by atoms with van der Waals surface area (Å²) in [5.74, 6) is 0.636. The van der Waals surface area contributed by atoms with E-state index in [-0.39, 0.29) is 0 Å². The van der Waals surface area contributed by atoms with Crippen molar-refractivity contribution in [1.82, 2.24) is 15.2 Å². The predicted octanol–water partition coefficient (Wildman–Crippen LogP) is 2.50. The van der Waals surface area contributed by atoms with E-state index in [9.17, 15) is 4.79 Å². The molecule has 0 aliphatic carbocycles. The quantitative estimate of drug-likeness (QED) is 0.647. The summed E-state index contributed by atoms with van der Waals surface area (Å²) in [5, 5.41) is 16.1. The molecule has 0 atom stereocenters. The van der Waals surface area contributed by atoms with Crippen molar-refractivity contribution in [2.45, 2.75) is 17.8 Å². The van der Waals surface area contributed by atoms with Crippen molar-refractivity contribution in [3.05, 3.63) is 47.3 Å². The molecule has 0 fully saturated rings. The average molecular weight is 275 g/mol.